The third-order valence-corrected chi connectivity index (χ3v) is 3.69. The van der Waals surface area contributed by atoms with Gasteiger partial charge in [0.25, 0.3) is 0 Å². The summed E-state index contributed by atoms with van der Waals surface area (Å²) in [4.78, 5) is 37.2. The molecule has 0 radical (unpaired) electrons. The normalized spacial score (nSPS) is 17.8. The molecule has 1 aliphatic rings. The molecular weight excluding hydrogens is 298 g/mol. The molecular formula is C16H21N3O4. The number of anilines is 1. The Morgan fingerprint density at radius 1 is 1.39 bits per heavy atom. The summed E-state index contributed by atoms with van der Waals surface area (Å²) in [5.41, 5.74) is 6.21. The highest BCUT2D eigenvalue weighted by molar-refractivity contribution is 6.00. The number of benzene rings is 1. The molecule has 23 heavy (non-hydrogen) atoms. The van der Waals surface area contributed by atoms with Crippen molar-refractivity contribution in [2.75, 3.05) is 18.1 Å². The number of hydrogen-bond acceptors (Lipinski definition) is 4. The summed E-state index contributed by atoms with van der Waals surface area (Å²) in [5, 5.41) is 2.78. The summed E-state index contributed by atoms with van der Waals surface area (Å²) in [6, 6.07) is 4.98. The van der Waals surface area contributed by atoms with Gasteiger partial charge in [0.1, 0.15) is 6.04 Å². The maximum atomic E-state index is 12.2. The number of nitrogens with zero attached hydrogens (tertiary/aromatic N) is 1. The van der Waals surface area contributed by atoms with Gasteiger partial charge in [-0.1, -0.05) is 6.07 Å². The fraction of sp³-hybridized carbons (Fsp3) is 0.438. The van der Waals surface area contributed by atoms with Crippen molar-refractivity contribution in [2.45, 2.75) is 32.2 Å². The molecule has 0 aliphatic carbocycles. The highest BCUT2D eigenvalue weighted by Gasteiger charge is 2.31. The van der Waals surface area contributed by atoms with E-state index < -0.39 is 18.0 Å². The topological polar surface area (TPSA) is 102 Å². The van der Waals surface area contributed by atoms with Crippen LogP contribution in [0.15, 0.2) is 24.3 Å². The van der Waals surface area contributed by atoms with Gasteiger partial charge in [-0.15, -0.1) is 0 Å². The van der Waals surface area contributed by atoms with Gasteiger partial charge < -0.3 is 15.8 Å². The number of urea groups is 1. The molecule has 1 saturated heterocycles. The van der Waals surface area contributed by atoms with Crippen molar-refractivity contribution in [1.82, 2.24) is 5.32 Å². The van der Waals surface area contributed by atoms with Gasteiger partial charge in [0, 0.05) is 12.2 Å². The fourth-order valence-corrected chi connectivity index (χ4v) is 2.63. The molecule has 0 saturated carbocycles. The molecule has 1 aliphatic heterocycles. The second kappa shape index (κ2) is 7.62. The maximum Gasteiger partial charge on any atom is 0.338 e. The van der Waals surface area contributed by atoms with Crippen LogP contribution in [0.3, 0.4) is 0 Å². The second-order valence-corrected chi connectivity index (χ2v) is 5.28. The van der Waals surface area contributed by atoms with Crippen LogP contribution in [0.4, 0.5) is 10.5 Å². The number of nitrogens with two attached hydrogens (primary N) is 1. The summed E-state index contributed by atoms with van der Waals surface area (Å²) in [7, 11) is 0. The summed E-state index contributed by atoms with van der Waals surface area (Å²) >= 11 is 0. The molecule has 0 aromatic heterocycles. The molecule has 1 aromatic carbocycles. The number of carbonyl (C=O) groups is 3. The highest BCUT2D eigenvalue weighted by Crippen LogP contribution is 2.23. The lowest BCUT2D eigenvalue weighted by Crippen LogP contribution is -2.51. The largest absolute Gasteiger partial charge is 0.462 e. The van der Waals surface area contributed by atoms with Gasteiger partial charge in [0.2, 0.25) is 5.91 Å². The molecule has 3 N–H and O–H groups in total. The van der Waals surface area contributed by atoms with Gasteiger partial charge in [0.15, 0.2) is 0 Å². The lowest BCUT2D eigenvalue weighted by molar-refractivity contribution is -0.122. The van der Waals surface area contributed by atoms with E-state index in [4.69, 9.17) is 10.5 Å². The first-order valence-corrected chi connectivity index (χ1v) is 7.68. The SMILES string of the molecule is CCOC(=O)c1cccc(N(C(N)=O)C2CCCCNC2=O)c1. The van der Waals surface area contributed by atoms with Gasteiger partial charge in [-0.2, -0.15) is 0 Å². The zero-order chi connectivity index (χ0) is 16.8. The third-order valence-electron chi connectivity index (χ3n) is 3.69. The van der Waals surface area contributed by atoms with Crippen molar-refractivity contribution < 1.29 is 19.1 Å². The van der Waals surface area contributed by atoms with Gasteiger partial charge in [-0.05, 0) is 44.4 Å². The fourth-order valence-electron chi connectivity index (χ4n) is 2.63. The van der Waals surface area contributed by atoms with E-state index in [1.807, 2.05) is 0 Å². The van der Waals surface area contributed by atoms with E-state index >= 15 is 0 Å². The third kappa shape index (κ3) is 4.00. The number of primary amides is 1. The van der Waals surface area contributed by atoms with Gasteiger partial charge >= 0.3 is 12.0 Å². The van der Waals surface area contributed by atoms with E-state index in [1.165, 1.54) is 11.0 Å². The van der Waals surface area contributed by atoms with Gasteiger partial charge in [-0.3, -0.25) is 9.69 Å². The Balaban J connectivity index is 2.34. The van der Waals surface area contributed by atoms with Gasteiger partial charge in [-0.25, -0.2) is 9.59 Å². The van der Waals surface area contributed by atoms with E-state index in [9.17, 15) is 14.4 Å². The number of amides is 3. The number of ether oxygens (including phenoxy) is 1. The van der Waals surface area contributed by atoms with Crippen LogP contribution in [0, 0.1) is 0 Å². The van der Waals surface area contributed by atoms with Crippen LogP contribution in [0.1, 0.15) is 36.5 Å². The summed E-state index contributed by atoms with van der Waals surface area (Å²) in [6.45, 7) is 2.56. The number of hydrogen-bond donors (Lipinski definition) is 2. The number of carbonyl (C=O) groups excluding carboxylic acids is 3. The molecule has 1 aromatic rings. The Hall–Kier alpha value is -2.57. The molecule has 7 heteroatoms. The lowest BCUT2D eigenvalue weighted by Gasteiger charge is -2.28. The van der Waals surface area contributed by atoms with E-state index in [2.05, 4.69) is 5.32 Å². The molecule has 1 atom stereocenters. The molecule has 0 bridgehead atoms. The molecule has 0 spiro atoms. The molecule has 1 fully saturated rings. The number of nitrogens with one attached hydrogen (secondary N) is 1. The van der Waals surface area contributed by atoms with Crippen molar-refractivity contribution >= 4 is 23.6 Å². The minimum atomic E-state index is -0.729. The monoisotopic (exact) mass is 319 g/mol. The zero-order valence-electron chi connectivity index (χ0n) is 13.1. The first-order valence-electron chi connectivity index (χ1n) is 7.68. The van der Waals surface area contributed by atoms with Crippen LogP contribution in [0.5, 0.6) is 0 Å². The summed E-state index contributed by atoms with van der Waals surface area (Å²) < 4.78 is 4.96. The Morgan fingerprint density at radius 2 is 2.17 bits per heavy atom. The van der Waals surface area contributed by atoms with Crippen LogP contribution >= 0.6 is 0 Å². The van der Waals surface area contributed by atoms with Crippen LogP contribution in [0.25, 0.3) is 0 Å². The van der Waals surface area contributed by atoms with Crippen molar-refractivity contribution in [3.05, 3.63) is 29.8 Å². The molecule has 3 amide bonds. The average Bonchev–Trinajstić information content (AvgIpc) is 2.73. The summed E-state index contributed by atoms with van der Waals surface area (Å²) in [6.07, 6.45) is 2.20. The quantitative estimate of drug-likeness (QED) is 0.819. The number of rotatable bonds is 4. The van der Waals surface area contributed by atoms with Crippen molar-refractivity contribution in [3.8, 4) is 0 Å². The van der Waals surface area contributed by atoms with E-state index in [0.717, 1.165) is 12.8 Å². The molecule has 1 unspecified atom stereocenters. The van der Waals surface area contributed by atoms with E-state index in [0.29, 0.717) is 24.2 Å². The van der Waals surface area contributed by atoms with Crippen molar-refractivity contribution in [1.29, 1.82) is 0 Å². The molecule has 124 valence electrons. The van der Waals surface area contributed by atoms with Crippen LogP contribution in [-0.4, -0.2) is 37.1 Å². The Morgan fingerprint density at radius 3 is 2.87 bits per heavy atom. The van der Waals surface area contributed by atoms with Gasteiger partial charge in [0.05, 0.1) is 12.2 Å². The lowest BCUT2D eigenvalue weighted by atomic mass is 10.1. The standard InChI is InChI=1S/C16H21N3O4/c1-2-23-15(21)11-6-5-7-12(10-11)19(16(17)22)13-8-3-4-9-18-14(13)20/h5-7,10,13H,2-4,8-9H2,1H3,(H2,17,22)(H,18,20). The average molecular weight is 319 g/mol. The van der Waals surface area contributed by atoms with Crippen LogP contribution < -0.4 is 16.0 Å². The Labute approximate surface area is 134 Å². The van der Waals surface area contributed by atoms with Crippen molar-refractivity contribution in [3.63, 3.8) is 0 Å². The number of esters is 1. The zero-order valence-corrected chi connectivity index (χ0v) is 13.1. The molecule has 1 heterocycles. The minimum absolute atomic E-state index is 0.233. The molecule has 7 nitrogen and oxygen atoms in total. The predicted octanol–water partition coefficient (Wildman–Crippen LogP) is 1.42. The maximum absolute atomic E-state index is 12.2. The first kappa shape index (κ1) is 16.8. The first-order chi connectivity index (χ1) is 11.0. The Bertz CT molecular complexity index is 603. The molecule has 2 rings (SSSR count). The van der Waals surface area contributed by atoms with E-state index in [-0.39, 0.29) is 12.5 Å². The summed E-state index contributed by atoms with van der Waals surface area (Å²) in [5.74, 6) is -0.716. The Kier molecular flexibility index (Phi) is 5.56. The van der Waals surface area contributed by atoms with Crippen LogP contribution in [0.2, 0.25) is 0 Å². The smallest absolute Gasteiger partial charge is 0.338 e. The predicted molar refractivity (Wildman–Crippen MR) is 85.1 cm³/mol. The highest BCUT2D eigenvalue weighted by atomic mass is 16.5. The van der Waals surface area contributed by atoms with Crippen LogP contribution in [-0.2, 0) is 9.53 Å². The van der Waals surface area contributed by atoms with Crippen molar-refractivity contribution in [2.24, 2.45) is 5.73 Å². The second-order valence-electron chi connectivity index (χ2n) is 5.28. The minimum Gasteiger partial charge on any atom is -0.462 e. The van der Waals surface area contributed by atoms with E-state index in [1.54, 1.807) is 25.1 Å².